The summed E-state index contributed by atoms with van der Waals surface area (Å²) in [5.41, 5.74) is 0. The maximum absolute atomic E-state index is 8.58. The van der Waals surface area contributed by atoms with Crippen molar-refractivity contribution < 1.29 is 32.0 Å². The summed E-state index contributed by atoms with van der Waals surface area (Å²) in [4.78, 5) is 11.3. The van der Waals surface area contributed by atoms with E-state index >= 15 is 0 Å². The molecule has 0 aromatic rings. The minimum Gasteiger partial charge on any atom is -0.509 e. The second kappa shape index (κ2) is 20.3. The molecule has 1 N–H and O–H groups in total. The molecule has 0 unspecified atom stereocenters. The fourth-order valence-corrected chi connectivity index (χ4v) is 0. The number of carbonyl (C=O) groups excluding carboxylic acids is 1. The fraction of sp³-hybridized carbons (Fsp3) is 0. The molecule has 0 rings (SSSR count). The van der Waals surface area contributed by atoms with Crippen LogP contribution in [-0.4, -0.2) is 11.7 Å². The van der Waals surface area contributed by atoms with Gasteiger partial charge < -0.3 is 17.1 Å². The molecule has 38 valence electrons. The van der Waals surface area contributed by atoms with Crippen LogP contribution in [0.15, 0.2) is 0 Å². The van der Waals surface area contributed by atoms with Gasteiger partial charge in [-0.2, -0.15) is 0 Å². The van der Waals surface area contributed by atoms with E-state index in [0.29, 0.717) is 0 Å². The van der Waals surface area contributed by atoms with Crippen molar-refractivity contribution in [3.05, 3.63) is 7.43 Å². The van der Waals surface area contributed by atoms with Gasteiger partial charge >= 0.3 is 17.1 Å². The Labute approximate surface area is 46.7 Å². The summed E-state index contributed by atoms with van der Waals surface area (Å²) in [5, 5.41) is 6.95. The van der Waals surface area contributed by atoms with Gasteiger partial charge in [-0.15, -0.1) is 0 Å². The summed E-state index contributed by atoms with van der Waals surface area (Å²) in [6.07, 6.45) is 0. The first-order chi connectivity index (χ1) is 1.91. The van der Waals surface area contributed by atoms with Gasteiger partial charge in [-0.1, -0.05) is 0 Å². The zero-order valence-corrected chi connectivity index (χ0v) is 4.22. The molecule has 4 heteroatoms. The van der Waals surface area contributed by atoms with E-state index in [2.05, 4.69) is 4.89 Å². The standard InChI is InChI=1S/CHO3.CH3.Fe/c2-1-4-3;;/h3H;1H3;/q2*-1;+2. The van der Waals surface area contributed by atoms with Crippen LogP contribution in [0.25, 0.3) is 0 Å². The van der Waals surface area contributed by atoms with Gasteiger partial charge in [0.15, 0.2) is 0 Å². The second-order valence-electron chi connectivity index (χ2n) is 0.175. The second-order valence-corrected chi connectivity index (χ2v) is 0.175. The molecule has 0 fully saturated rings. The Morgan fingerprint density at radius 2 is 1.83 bits per heavy atom. The molecule has 6 heavy (non-hydrogen) atoms. The predicted molar refractivity (Wildman–Crippen MR) is 15.8 cm³/mol. The van der Waals surface area contributed by atoms with E-state index in [1.807, 2.05) is 0 Å². The Kier molecular flexibility index (Phi) is 56.7. The molecule has 0 radical (unpaired) electrons. The van der Waals surface area contributed by atoms with E-state index in [9.17, 15) is 0 Å². The van der Waals surface area contributed by atoms with Crippen molar-refractivity contribution in [2.24, 2.45) is 0 Å². The third kappa shape index (κ3) is 38.1. The van der Waals surface area contributed by atoms with Crippen LogP contribution in [0.5, 0.6) is 0 Å². The summed E-state index contributed by atoms with van der Waals surface area (Å²) >= 11 is 0. The number of rotatable bonds is 1. The minimum atomic E-state index is 0. The van der Waals surface area contributed by atoms with Crippen LogP contribution in [0.2, 0.25) is 0 Å². The number of hydrogen-bond donors (Lipinski definition) is 1. The van der Waals surface area contributed by atoms with E-state index in [0.717, 1.165) is 6.47 Å². The van der Waals surface area contributed by atoms with Gasteiger partial charge in [0, 0.05) is 0 Å². The van der Waals surface area contributed by atoms with Crippen molar-refractivity contribution in [3.8, 4) is 0 Å². The average molecular weight is 132 g/mol. The van der Waals surface area contributed by atoms with E-state index in [4.69, 9.17) is 10.1 Å². The Hall–Kier alpha value is -0.0505. The normalized spacial score (nSPS) is 3.50. The Bertz CT molecular complexity index is 22.8. The van der Waals surface area contributed by atoms with Crippen molar-refractivity contribution in [2.45, 2.75) is 0 Å². The summed E-state index contributed by atoms with van der Waals surface area (Å²) in [5.74, 6) is 0. The van der Waals surface area contributed by atoms with Crippen molar-refractivity contribution >= 4 is 6.47 Å². The fourth-order valence-electron chi connectivity index (χ4n) is 0. The topological polar surface area (TPSA) is 46.5 Å². The maximum Gasteiger partial charge on any atom is 2.00 e. The number of hydrogen-bond acceptors (Lipinski definition) is 3. The molecule has 3 nitrogen and oxygen atoms in total. The molecule has 0 saturated heterocycles. The van der Waals surface area contributed by atoms with Crippen LogP contribution in [-0.2, 0) is 26.8 Å². The molecule has 0 aliphatic heterocycles. The van der Waals surface area contributed by atoms with Gasteiger partial charge in [0.05, 0.1) is 0 Å². The largest absolute Gasteiger partial charge is 2.00 e. The van der Waals surface area contributed by atoms with Crippen LogP contribution < -0.4 is 0 Å². The molecule has 0 aliphatic rings. The summed E-state index contributed by atoms with van der Waals surface area (Å²) in [6, 6.07) is 0. The molecule has 0 atom stereocenters. The van der Waals surface area contributed by atoms with Crippen molar-refractivity contribution in [1.29, 1.82) is 0 Å². The predicted octanol–water partition coefficient (Wildman–Crippen LogP) is -0.00901. The van der Waals surface area contributed by atoms with Crippen LogP contribution in [0, 0.1) is 7.43 Å². The summed E-state index contributed by atoms with van der Waals surface area (Å²) < 4.78 is 0. The van der Waals surface area contributed by atoms with E-state index in [1.54, 1.807) is 0 Å². The third-order valence-electron chi connectivity index (χ3n) is 0.0373. The first kappa shape index (κ1) is 16.8. The zero-order valence-electron chi connectivity index (χ0n) is 3.12. The third-order valence-corrected chi connectivity index (χ3v) is 0.0373. The molecule has 0 aliphatic carbocycles. The Morgan fingerprint density at radius 1 is 1.67 bits per heavy atom. The first-order valence-corrected chi connectivity index (χ1v) is 0.591. The minimum absolute atomic E-state index is 0. The van der Waals surface area contributed by atoms with Crippen molar-refractivity contribution in [3.63, 3.8) is 0 Å². The molecule has 0 heterocycles. The molecule has 0 amide bonds. The maximum atomic E-state index is 8.58. The molecule has 0 aromatic carbocycles. The van der Waals surface area contributed by atoms with Crippen molar-refractivity contribution in [1.82, 2.24) is 0 Å². The van der Waals surface area contributed by atoms with Gasteiger partial charge in [0.1, 0.15) is 0 Å². The zero-order chi connectivity index (χ0) is 3.41. The Morgan fingerprint density at radius 3 is 1.83 bits per heavy atom. The quantitative estimate of drug-likeness (QED) is 0.236. The monoisotopic (exact) mass is 132 g/mol. The molecule has 0 bridgehead atoms. The summed E-state index contributed by atoms with van der Waals surface area (Å²) in [6.45, 7) is 0.736. The van der Waals surface area contributed by atoms with Crippen LogP contribution in [0.4, 0.5) is 0 Å². The molecular weight excluding hydrogens is 128 g/mol. The smallest absolute Gasteiger partial charge is 0.509 e. The van der Waals surface area contributed by atoms with Gasteiger partial charge in [-0.05, 0) is 6.47 Å². The van der Waals surface area contributed by atoms with Gasteiger partial charge in [0.2, 0.25) is 0 Å². The summed E-state index contributed by atoms with van der Waals surface area (Å²) in [7, 11) is 0. The van der Waals surface area contributed by atoms with E-state index in [1.165, 1.54) is 0 Å². The molecule has 0 spiro atoms. The van der Waals surface area contributed by atoms with E-state index in [-0.39, 0.29) is 24.5 Å². The van der Waals surface area contributed by atoms with Gasteiger partial charge in [0.25, 0.3) is 0 Å². The van der Waals surface area contributed by atoms with Crippen LogP contribution in [0.1, 0.15) is 0 Å². The van der Waals surface area contributed by atoms with Gasteiger partial charge in [-0.3, -0.25) is 0 Å². The Balaban J connectivity index is -0.0000000450. The molecule has 0 aromatic heterocycles. The average Bonchev–Trinajstić information content (AvgIpc) is 1.37. The van der Waals surface area contributed by atoms with Gasteiger partial charge in [-0.25, -0.2) is 5.26 Å². The SMILES string of the molecule is O=[C-]OO.[CH3-].[Fe+2]. The molecule has 0 saturated carbocycles. The van der Waals surface area contributed by atoms with Crippen LogP contribution in [0.3, 0.4) is 0 Å². The van der Waals surface area contributed by atoms with E-state index < -0.39 is 0 Å². The first-order valence-electron chi connectivity index (χ1n) is 0.591. The molecular formula is C2H4FeO3. The van der Waals surface area contributed by atoms with Crippen molar-refractivity contribution in [2.75, 3.05) is 0 Å². The van der Waals surface area contributed by atoms with Crippen LogP contribution >= 0.6 is 0 Å².